The quantitative estimate of drug-likeness (QED) is 0.0757. The minimum atomic E-state index is -4.06. The number of thioether (sulfide) groups is 1. The van der Waals surface area contributed by atoms with Crippen molar-refractivity contribution in [2.24, 2.45) is 11.8 Å². The zero-order valence-corrected chi connectivity index (χ0v) is 44.2. The Balaban J connectivity index is 1.86. The molecular weight excluding hydrogens is 849 g/mol. The summed E-state index contributed by atoms with van der Waals surface area (Å²) in [4.78, 5) is 13.2. The average molecular weight is 929 g/mol. The van der Waals surface area contributed by atoms with E-state index in [4.69, 9.17) is 13.3 Å². The number of carbonyl (C=O) groups excluding carboxylic acids is 1. The van der Waals surface area contributed by atoms with Gasteiger partial charge in [-0.1, -0.05) is 93.7 Å². The summed E-state index contributed by atoms with van der Waals surface area (Å²) in [5.41, 5.74) is 0. The fourth-order valence-electron chi connectivity index (χ4n) is 7.10. The number of rotatable bonds is 21. The second-order valence-electron chi connectivity index (χ2n) is 21.7. The summed E-state index contributed by atoms with van der Waals surface area (Å²) in [6, 6.07) is 11.4. The normalized spacial score (nSPS) is 20.4. The van der Waals surface area contributed by atoms with Crippen LogP contribution >= 0.6 is 11.8 Å². The Morgan fingerprint density at radius 1 is 0.733 bits per heavy atom. The molecule has 2 aromatic carbocycles. The standard InChI is InChI=1S/C46H79F2NO6S2Si3/c1-44(2,3)58(10,11)53-35(33-56-42-24-21-20-23-39(42)48)28-31-38-37(22-18-16-17-19-25-43(50)49-57(51,52)36-29-26-34(47)27-30-36)40(54-59(12,13)45(4,5)6)32-41(38)55-60(14,15)46(7,8)9/h20-21,23-24,26-27,29-30,35,37-38,40-41H,16-19,22,25,28,31-33H2,1-15H3,(H,49,50)/t35?,37-,38-,40+,41-/m1/s1. The molecule has 0 saturated heterocycles. The summed E-state index contributed by atoms with van der Waals surface area (Å²) in [6.07, 6.45) is 6.92. The lowest BCUT2D eigenvalue weighted by Crippen LogP contribution is -2.46. The maximum Gasteiger partial charge on any atom is 0.264 e. The van der Waals surface area contributed by atoms with Crippen molar-refractivity contribution in [3.63, 3.8) is 0 Å². The van der Waals surface area contributed by atoms with E-state index in [2.05, 4.69) is 106 Å². The Morgan fingerprint density at radius 2 is 1.23 bits per heavy atom. The molecule has 2 aromatic rings. The van der Waals surface area contributed by atoms with E-state index in [0.29, 0.717) is 17.1 Å². The van der Waals surface area contributed by atoms with Gasteiger partial charge in [0.15, 0.2) is 25.0 Å². The molecule has 1 aliphatic rings. The van der Waals surface area contributed by atoms with Crippen LogP contribution in [-0.4, -0.2) is 63.3 Å². The van der Waals surface area contributed by atoms with Crippen molar-refractivity contribution in [1.29, 1.82) is 0 Å². The number of nitrogens with one attached hydrogen (secondary N) is 1. The molecule has 5 atom stereocenters. The highest BCUT2D eigenvalue weighted by Gasteiger charge is 2.51. The number of amides is 1. The highest BCUT2D eigenvalue weighted by molar-refractivity contribution is 7.99. The van der Waals surface area contributed by atoms with Crippen LogP contribution in [0.4, 0.5) is 8.78 Å². The second kappa shape index (κ2) is 21.1. The van der Waals surface area contributed by atoms with Crippen molar-refractivity contribution in [2.45, 2.75) is 203 Å². The van der Waals surface area contributed by atoms with Gasteiger partial charge in [-0.15, -0.1) is 11.8 Å². The van der Waals surface area contributed by atoms with Gasteiger partial charge >= 0.3 is 0 Å². The zero-order chi connectivity index (χ0) is 45.5. The first-order valence-electron chi connectivity index (χ1n) is 22.1. The van der Waals surface area contributed by atoms with E-state index in [9.17, 15) is 22.0 Å². The third-order valence-electron chi connectivity index (χ3n) is 13.9. The van der Waals surface area contributed by atoms with Crippen LogP contribution in [0.15, 0.2) is 58.3 Å². The van der Waals surface area contributed by atoms with E-state index in [0.717, 1.165) is 69.2 Å². The van der Waals surface area contributed by atoms with Crippen LogP contribution in [0.1, 0.15) is 120 Å². The van der Waals surface area contributed by atoms with Gasteiger partial charge in [0.25, 0.3) is 10.0 Å². The number of hydrogen-bond donors (Lipinski definition) is 1. The SMILES string of the molecule is CC(C)(C)[Si](C)(C)OC(CC[C@@H]1[C@@H](CCCCCCC(=O)NS(=O)(=O)c2ccc(F)cc2)[C@@H](O[Si](C)(C)C(C)(C)C)C[C@H]1O[Si](C)(C)C(C)(C)C)CSc1ccccc1F. The van der Waals surface area contributed by atoms with Crippen molar-refractivity contribution >= 4 is 52.6 Å². The maximum atomic E-state index is 14.9. The number of halogens is 2. The Labute approximate surface area is 371 Å². The minimum absolute atomic E-state index is 0.0252. The molecule has 1 aliphatic carbocycles. The van der Waals surface area contributed by atoms with Crippen LogP contribution < -0.4 is 4.72 Å². The van der Waals surface area contributed by atoms with Gasteiger partial charge in [-0.3, -0.25) is 4.79 Å². The van der Waals surface area contributed by atoms with Gasteiger partial charge in [0.05, 0.1) is 23.2 Å². The van der Waals surface area contributed by atoms with Gasteiger partial charge in [-0.25, -0.2) is 21.9 Å². The number of sulfonamides is 1. The van der Waals surface area contributed by atoms with E-state index in [1.165, 1.54) is 6.07 Å². The third kappa shape index (κ3) is 15.1. The van der Waals surface area contributed by atoms with Gasteiger partial charge < -0.3 is 13.3 Å². The number of unbranched alkanes of at least 4 members (excludes halogenated alkanes) is 3. The molecule has 1 fully saturated rings. The van der Waals surface area contributed by atoms with E-state index < -0.39 is 46.7 Å². The van der Waals surface area contributed by atoms with Gasteiger partial charge in [0.2, 0.25) is 5.91 Å². The predicted molar refractivity (Wildman–Crippen MR) is 254 cm³/mol. The van der Waals surface area contributed by atoms with Crippen LogP contribution in [0.25, 0.3) is 0 Å². The van der Waals surface area contributed by atoms with Crippen molar-refractivity contribution in [2.75, 3.05) is 5.75 Å². The first kappa shape index (κ1) is 52.9. The topological polar surface area (TPSA) is 90.9 Å². The fraction of sp³-hybridized carbons (Fsp3) is 0.717. The molecule has 0 bridgehead atoms. The molecule has 14 heteroatoms. The molecule has 3 rings (SSSR count). The van der Waals surface area contributed by atoms with Gasteiger partial charge in [-0.2, -0.15) is 0 Å². The molecule has 0 aliphatic heterocycles. The summed E-state index contributed by atoms with van der Waals surface area (Å²) in [7, 11) is -10.5. The van der Waals surface area contributed by atoms with Crippen LogP contribution in [0.2, 0.25) is 54.4 Å². The Bertz CT molecular complexity index is 1790. The van der Waals surface area contributed by atoms with Crippen molar-refractivity contribution in [3.8, 4) is 0 Å². The summed E-state index contributed by atoms with van der Waals surface area (Å²) in [5.74, 6) is -0.122. The lowest BCUT2D eigenvalue weighted by atomic mass is 9.85. The van der Waals surface area contributed by atoms with E-state index in [-0.39, 0.29) is 62.4 Å². The third-order valence-corrected chi connectivity index (χ3v) is 30.0. The average Bonchev–Trinajstić information content (AvgIpc) is 3.39. The monoisotopic (exact) mass is 927 g/mol. The lowest BCUT2D eigenvalue weighted by molar-refractivity contribution is -0.119. The van der Waals surface area contributed by atoms with E-state index >= 15 is 0 Å². The Hall–Kier alpha value is -1.40. The molecule has 7 nitrogen and oxygen atoms in total. The second-order valence-corrected chi connectivity index (χ2v) is 38.7. The molecule has 1 N–H and O–H groups in total. The summed E-state index contributed by atoms with van der Waals surface area (Å²) in [6.45, 7) is 34.5. The highest BCUT2D eigenvalue weighted by Crippen LogP contribution is 2.49. The van der Waals surface area contributed by atoms with Crippen LogP contribution in [0.5, 0.6) is 0 Å². The number of hydrogen-bond acceptors (Lipinski definition) is 7. The molecule has 0 aromatic heterocycles. The number of carbonyl (C=O) groups is 1. The molecule has 342 valence electrons. The van der Waals surface area contributed by atoms with Gasteiger partial charge in [0.1, 0.15) is 11.6 Å². The fourth-order valence-corrected chi connectivity index (χ4v) is 13.4. The van der Waals surface area contributed by atoms with Crippen LogP contribution in [0.3, 0.4) is 0 Å². The molecule has 1 saturated carbocycles. The molecule has 1 unspecified atom stereocenters. The van der Waals surface area contributed by atoms with Crippen LogP contribution in [-0.2, 0) is 28.1 Å². The van der Waals surface area contributed by atoms with E-state index in [1.807, 2.05) is 12.1 Å². The molecule has 0 spiro atoms. The van der Waals surface area contributed by atoms with Crippen molar-refractivity contribution < 1.29 is 35.3 Å². The first-order valence-corrected chi connectivity index (χ1v) is 33.3. The molecular formula is C46H79F2NO6S2Si3. The minimum Gasteiger partial charge on any atom is -0.414 e. The van der Waals surface area contributed by atoms with Crippen molar-refractivity contribution in [3.05, 3.63) is 60.2 Å². The van der Waals surface area contributed by atoms with Gasteiger partial charge in [0, 0.05) is 17.1 Å². The Morgan fingerprint density at radius 3 is 1.75 bits per heavy atom. The number of benzene rings is 2. The maximum absolute atomic E-state index is 14.9. The van der Waals surface area contributed by atoms with Gasteiger partial charge in [-0.05, 0) is 135 Å². The van der Waals surface area contributed by atoms with Crippen LogP contribution in [0, 0.1) is 23.5 Å². The lowest BCUT2D eigenvalue weighted by Gasteiger charge is -2.41. The Kier molecular flexibility index (Phi) is 18.6. The molecule has 0 radical (unpaired) electrons. The highest BCUT2D eigenvalue weighted by atomic mass is 32.2. The van der Waals surface area contributed by atoms with E-state index in [1.54, 1.807) is 17.8 Å². The largest absolute Gasteiger partial charge is 0.414 e. The summed E-state index contributed by atoms with van der Waals surface area (Å²) >= 11 is 1.54. The first-order chi connectivity index (χ1) is 27.4. The predicted octanol–water partition coefficient (Wildman–Crippen LogP) is 13.5. The summed E-state index contributed by atoms with van der Waals surface area (Å²) in [5, 5.41) is 0.111. The smallest absolute Gasteiger partial charge is 0.264 e. The zero-order valence-electron chi connectivity index (χ0n) is 39.6. The van der Waals surface area contributed by atoms with Crippen molar-refractivity contribution in [1.82, 2.24) is 4.72 Å². The molecule has 1 amide bonds. The molecule has 0 heterocycles. The molecule has 60 heavy (non-hydrogen) atoms. The summed E-state index contributed by atoms with van der Waals surface area (Å²) < 4.78 is 77.6.